The van der Waals surface area contributed by atoms with Crippen molar-refractivity contribution in [1.29, 1.82) is 0 Å². The third-order valence-corrected chi connectivity index (χ3v) is 2.78. The van der Waals surface area contributed by atoms with Crippen molar-refractivity contribution < 1.29 is 0 Å². The fourth-order valence-corrected chi connectivity index (χ4v) is 1.70. The van der Waals surface area contributed by atoms with E-state index in [1.807, 2.05) is 0 Å². The van der Waals surface area contributed by atoms with E-state index >= 15 is 0 Å². The lowest BCUT2D eigenvalue weighted by atomic mass is 9.86. The van der Waals surface area contributed by atoms with Gasteiger partial charge in [0.1, 0.15) is 0 Å². The van der Waals surface area contributed by atoms with Crippen LogP contribution in [0.5, 0.6) is 0 Å². The minimum absolute atomic E-state index is 0.924. The highest BCUT2D eigenvalue weighted by Gasteiger charge is 2.17. The van der Waals surface area contributed by atoms with Crippen LogP contribution in [-0.2, 0) is 0 Å². The fraction of sp³-hybridized carbons (Fsp3) is 1.00. The van der Waals surface area contributed by atoms with Gasteiger partial charge < -0.3 is 5.32 Å². The predicted octanol–water partition coefficient (Wildman–Crippen LogP) is 2.03. The van der Waals surface area contributed by atoms with Crippen molar-refractivity contribution in [3.63, 3.8) is 0 Å². The van der Waals surface area contributed by atoms with Gasteiger partial charge in [-0.3, -0.25) is 0 Å². The summed E-state index contributed by atoms with van der Waals surface area (Å²) in [7, 11) is 0. The third-order valence-electron chi connectivity index (χ3n) is 2.78. The molecule has 0 aliphatic carbocycles. The molecule has 1 rings (SSSR count). The Hall–Kier alpha value is -0.0400. The monoisotopic (exact) mass is 141 g/mol. The van der Waals surface area contributed by atoms with Gasteiger partial charge in [0.05, 0.1) is 0 Å². The molecule has 1 nitrogen and oxygen atoms in total. The predicted molar refractivity (Wildman–Crippen MR) is 45.0 cm³/mol. The summed E-state index contributed by atoms with van der Waals surface area (Å²) in [6.45, 7) is 7.17. The molecule has 60 valence electrons. The summed E-state index contributed by atoms with van der Waals surface area (Å²) in [5, 5.41) is 3.45. The molecule has 2 unspecified atom stereocenters. The topological polar surface area (TPSA) is 12.0 Å². The maximum absolute atomic E-state index is 3.45. The Morgan fingerprint density at radius 3 is 2.90 bits per heavy atom. The molecule has 0 aromatic heterocycles. The van der Waals surface area contributed by atoms with Gasteiger partial charge in [-0.1, -0.05) is 20.3 Å². The molecule has 1 heteroatoms. The minimum atomic E-state index is 0.924. The molecule has 0 spiro atoms. The van der Waals surface area contributed by atoms with E-state index in [2.05, 4.69) is 19.2 Å². The zero-order chi connectivity index (χ0) is 7.40. The summed E-state index contributed by atoms with van der Waals surface area (Å²) in [6, 6.07) is 0. The summed E-state index contributed by atoms with van der Waals surface area (Å²) >= 11 is 0. The van der Waals surface area contributed by atoms with Crippen molar-refractivity contribution in [2.45, 2.75) is 33.1 Å². The molecule has 1 N–H and O–H groups in total. The fourth-order valence-electron chi connectivity index (χ4n) is 1.70. The van der Waals surface area contributed by atoms with Crippen molar-refractivity contribution in [2.24, 2.45) is 11.8 Å². The largest absolute Gasteiger partial charge is 0.316 e. The van der Waals surface area contributed by atoms with Gasteiger partial charge in [-0.05, 0) is 37.8 Å². The molecule has 1 fully saturated rings. The zero-order valence-corrected chi connectivity index (χ0v) is 7.19. The Morgan fingerprint density at radius 2 is 2.40 bits per heavy atom. The zero-order valence-electron chi connectivity index (χ0n) is 7.19. The van der Waals surface area contributed by atoms with Crippen molar-refractivity contribution in [1.82, 2.24) is 5.32 Å². The molecular formula is C9H19N. The van der Waals surface area contributed by atoms with Crippen LogP contribution in [0.15, 0.2) is 0 Å². The molecule has 0 bridgehead atoms. The summed E-state index contributed by atoms with van der Waals surface area (Å²) < 4.78 is 0. The molecule has 0 radical (unpaired) electrons. The van der Waals surface area contributed by atoms with Gasteiger partial charge in [0.25, 0.3) is 0 Å². The average molecular weight is 141 g/mol. The molecule has 1 aliphatic heterocycles. The van der Waals surface area contributed by atoms with E-state index in [0.29, 0.717) is 0 Å². The lowest BCUT2D eigenvalue weighted by molar-refractivity contribution is 0.274. The smallest absolute Gasteiger partial charge is 0.00180 e. The SMILES string of the molecule is CCC(C)C1CCCNC1. The van der Waals surface area contributed by atoms with E-state index in [-0.39, 0.29) is 0 Å². The van der Waals surface area contributed by atoms with Crippen molar-refractivity contribution in [3.05, 3.63) is 0 Å². The second-order valence-electron chi connectivity index (χ2n) is 3.49. The molecule has 0 saturated carbocycles. The lowest BCUT2D eigenvalue weighted by Crippen LogP contribution is -2.33. The number of hydrogen-bond acceptors (Lipinski definition) is 1. The van der Waals surface area contributed by atoms with Crippen LogP contribution in [0.25, 0.3) is 0 Å². The highest BCUT2D eigenvalue weighted by molar-refractivity contribution is 4.72. The highest BCUT2D eigenvalue weighted by atomic mass is 14.9. The first-order chi connectivity index (χ1) is 4.84. The van der Waals surface area contributed by atoms with Gasteiger partial charge in [-0.15, -0.1) is 0 Å². The normalized spacial score (nSPS) is 30.0. The molecular weight excluding hydrogens is 122 g/mol. The van der Waals surface area contributed by atoms with Gasteiger partial charge in [0.15, 0.2) is 0 Å². The maximum atomic E-state index is 3.45. The van der Waals surface area contributed by atoms with Gasteiger partial charge >= 0.3 is 0 Å². The number of nitrogens with one attached hydrogen (secondary N) is 1. The number of rotatable bonds is 2. The van der Waals surface area contributed by atoms with E-state index in [1.54, 1.807) is 0 Å². The standard InChI is InChI=1S/C9H19N/c1-3-8(2)9-5-4-6-10-7-9/h8-10H,3-7H2,1-2H3. The summed E-state index contributed by atoms with van der Waals surface area (Å²) in [5.74, 6) is 1.88. The Kier molecular flexibility index (Phi) is 3.20. The van der Waals surface area contributed by atoms with Gasteiger partial charge in [-0.2, -0.15) is 0 Å². The van der Waals surface area contributed by atoms with E-state index in [9.17, 15) is 0 Å². The van der Waals surface area contributed by atoms with E-state index in [1.165, 1.54) is 32.4 Å². The second kappa shape index (κ2) is 3.97. The molecule has 1 heterocycles. The number of piperidine rings is 1. The van der Waals surface area contributed by atoms with Gasteiger partial charge in [0.2, 0.25) is 0 Å². The Morgan fingerprint density at radius 1 is 1.60 bits per heavy atom. The van der Waals surface area contributed by atoms with Crippen molar-refractivity contribution >= 4 is 0 Å². The third kappa shape index (κ3) is 1.98. The van der Waals surface area contributed by atoms with E-state index in [0.717, 1.165) is 11.8 Å². The van der Waals surface area contributed by atoms with Gasteiger partial charge in [-0.25, -0.2) is 0 Å². The van der Waals surface area contributed by atoms with Crippen LogP contribution in [0, 0.1) is 11.8 Å². The molecule has 0 aromatic carbocycles. The minimum Gasteiger partial charge on any atom is -0.316 e. The van der Waals surface area contributed by atoms with Crippen molar-refractivity contribution in [3.8, 4) is 0 Å². The van der Waals surface area contributed by atoms with Crippen LogP contribution in [0.1, 0.15) is 33.1 Å². The van der Waals surface area contributed by atoms with Crippen molar-refractivity contribution in [2.75, 3.05) is 13.1 Å². The first-order valence-corrected chi connectivity index (χ1v) is 4.55. The second-order valence-corrected chi connectivity index (χ2v) is 3.49. The number of hydrogen-bond donors (Lipinski definition) is 1. The highest BCUT2D eigenvalue weighted by Crippen LogP contribution is 2.21. The Bertz CT molecular complexity index is 84.7. The molecule has 0 aromatic rings. The molecule has 1 aliphatic rings. The van der Waals surface area contributed by atoms with Crippen LogP contribution in [0.2, 0.25) is 0 Å². The summed E-state index contributed by atoms with van der Waals surface area (Å²) in [4.78, 5) is 0. The molecule has 10 heavy (non-hydrogen) atoms. The molecule has 0 amide bonds. The Balaban J connectivity index is 2.24. The molecule has 2 atom stereocenters. The van der Waals surface area contributed by atoms with E-state index in [4.69, 9.17) is 0 Å². The van der Waals surface area contributed by atoms with Crippen LogP contribution in [0.3, 0.4) is 0 Å². The first-order valence-electron chi connectivity index (χ1n) is 4.55. The van der Waals surface area contributed by atoms with Crippen LogP contribution in [-0.4, -0.2) is 13.1 Å². The summed E-state index contributed by atoms with van der Waals surface area (Å²) in [5.41, 5.74) is 0. The quantitative estimate of drug-likeness (QED) is 0.620. The van der Waals surface area contributed by atoms with Crippen LogP contribution in [0.4, 0.5) is 0 Å². The summed E-state index contributed by atoms with van der Waals surface area (Å²) in [6.07, 6.45) is 4.17. The van der Waals surface area contributed by atoms with Gasteiger partial charge in [0, 0.05) is 0 Å². The molecule has 1 saturated heterocycles. The first kappa shape index (κ1) is 8.06. The lowest BCUT2D eigenvalue weighted by Gasteiger charge is -2.27. The average Bonchev–Trinajstić information content (AvgIpc) is 2.05. The van der Waals surface area contributed by atoms with Crippen LogP contribution >= 0.6 is 0 Å². The van der Waals surface area contributed by atoms with E-state index < -0.39 is 0 Å². The Labute approximate surface area is 64.2 Å². The maximum Gasteiger partial charge on any atom is -0.00180 e. The van der Waals surface area contributed by atoms with Crippen LogP contribution < -0.4 is 5.32 Å².